The highest BCUT2D eigenvalue weighted by Crippen LogP contribution is 2.37. The second-order valence-corrected chi connectivity index (χ2v) is 13.0. The minimum Gasteiger partial charge on any atom is -0.492 e. The zero-order valence-electron chi connectivity index (χ0n) is 19.3. The average Bonchev–Trinajstić information content (AvgIpc) is 3.63. The van der Waals surface area contributed by atoms with Gasteiger partial charge < -0.3 is 4.74 Å². The molecule has 1 saturated heterocycles. The number of hydrogen-bond acceptors (Lipinski definition) is 8. The molecule has 1 aliphatic heterocycles. The first kappa shape index (κ1) is 25.1. The Morgan fingerprint density at radius 3 is 2.81 bits per heavy atom. The van der Waals surface area contributed by atoms with Crippen LogP contribution in [0.3, 0.4) is 0 Å². The molecule has 1 aliphatic rings. The van der Waals surface area contributed by atoms with E-state index < -0.39 is 16.1 Å². The number of ether oxygens (including phenoxy) is 1. The number of para-hydroxylation sites is 1. The Morgan fingerprint density at radius 1 is 1.22 bits per heavy atom. The van der Waals surface area contributed by atoms with Crippen LogP contribution in [0.5, 0.6) is 5.75 Å². The highest BCUT2D eigenvalue weighted by molar-refractivity contribution is 7.91. The number of amides is 1. The third kappa shape index (κ3) is 4.85. The molecule has 0 saturated carbocycles. The van der Waals surface area contributed by atoms with E-state index in [9.17, 15) is 13.2 Å². The molecular formula is C24H23ClN4O4S3. The summed E-state index contributed by atoms with van der Waals surface area (Å²) >= 11 is 8.36. The number of nitrogens with zero attached hydrogens (tertiary/aromatic N) is 4. The fourth-order valence-electron chi connectivity index (χ4n) is 4.22. The minimum atomic E-state index is -3.87. The second-order valence-electron chi connectivity index (χ2n) is 8.15. The molecule has 1 atom stereocenters. The lowest BCUT2D eigenvalue weighted by molar-refractivity contribution is -0.121. The van der Waals surface area contributed by atoms with Gasteiger partial charge in [-0.1, -0.05) is 35.1 Å². The van der Waals surface area contributed by atoms with Gasteiger partial charge >= 0.3 is 0 Å². The zero-order valence-corrected chi connectivity index (χ0v) is 22.5. The predicted octanol–water partition coefficient (Wildman–Crippen LogP) is 5.19. The largest absolute Gasteiger partial charge is 0.492 e. The fraction of sp³-hybridized carbons (Fsp3) is 0.292. The molecule has 12 heteroatoms. The van der Waals surface area contributed by atoms with Crippen molar-refractivity contribution in [3.63, 3.8) is 0 Å². The number of pyridine rings is 1. The van der Waals surface area contributed by atoms with Gasteiger partial charge in [0.2, 0.25) is 5.91 Å². The van der Waals surface area contributed by atoms with Crippen LogP contribution < -0.4 is 9.64 Å². The lowest BCUT2D eigenvalue weighted by Crippen LogP contribution is -2.47. The van der Waals surface area contributed by atoms with Crippen molar-refractivity contribution in [2.45, 2.75) is 36.6 Å². The first-order chi connectivity index (χ1) is 17.4. The molecule has 5 rings (SSSR count). The number of carbonyl (C=O) groups excluding carboxylic acids is 1. The Balaban J connectivity index is 1.54. The van der Waals surface area contributed by atoms with Gasteiger partial charge in [-0.25, -0.2) is 13.4 Å². The number of anilines is 1. The molecule has 0 bridgehead atoms. The second kappa shape index (κ2) is 10.4. The summed E-state index contributed by atoms with van der Waals surface area (Å²) in [5, 5.41) is 0.481. The lowest BCUT2D eigenvalue weighted by atomic mass is 10.2. The van der Waals surface area contributed by atoms with Gasteiger partial charge in [0.15, 0.2) is 5.13 Å². The average molecular weight is 563 g/mol. The molecule has 1 fully saturated rings. The maximum atomic E-state index is 14.0. The predicted molar refractivity (Wildman–Crippen MR) is 142 cm³/mol. The van der Waals surface area contributed by atoms with E-state index in [1.54, 1.807) is 29.4 Å². The molecule has 0 aliphatic carbocycles. The molecule has 3 aromatic heterocycles. The molecule has 8 nitrogen and oxygen atoms in total. The number of sulfonamides is 1. The van der Waals surface area contributed by atoms with Gasteiger partial charge in [0.1, 0.15) is 21.5 Å². The summed E-state index contributed by atoms with van der Waals surface area (Å²) in [5.74, 6) is 0.325. The van der Waals surface area contributed by atoms with Crippen molar-refractivity contribution < 1.29 is 17.9 Å². The molecule has 1 amide bonds. The van der Waals surface area contributed by atoms with Gasteiger partial charge in [0, 0.05) is 18.9 Å². The van der Waals surface area contributed by atoms with Crippen LogP contribution >= 0.6 is 34.3 Å². The topological polar surface area (TPSA) is 92.7 Å². The van der Waals surface area contributed by atoms with Crippen molar-refractivity contribution in [1.29, 1.82) is 0 Å². The number of hydrogen-bond donors (Lipinski definition) is 0. The van der Waals surface area contributed by atoms with Gasteiger partial charge in [0.25, 0.3) is 10.0 Å². The SMILES string of the molecule is CCOc1cccc2sc(N(Cc3cccnc3)C(=O)C3CCCN3S(=O)(=O)c3ccc(Cl)s3)nc12. The number of carbonyl (C=O) groups is 1. The summed E-state index contributed by atoms with van der Waals surface area (Å²) < 4.78 is 35.2. The summed E-state index contributed by atoms with van der Waals surface area (Å²) in [4.78, 5) is 24.5. The highest BCUT2D eigenvalue weighted by Gasteiger charge is 2.42. The minimum absolute atomic E-state index is 0.132. The normalized spacial score (nSPS) is 16.4. The Bertz CT molecular complexity index is 1490. The summed E-state index contributed by atoms with van der Waals surface area (Å²) in [6.07, 6.45) is 4.37. The van der Waals surface area contributed by atoms with Gasteiger partial charge in [-0.15, -0.1) is 11.3 Å². The number of thiazole rings is 1. The monoisotopic (exact) mass is 562 g/mol. The highest BCUT2D eigenvalue weighted by atomic mass is 35.5. The molecule has 188 valence electrons. The Kier molecular flexibility index (Phi) is 7.27. The summed E-state index contributed by atoms with van der Waals surface area (Å²) in [6, 6.07) is 11.5. The van der Waals surface area contributed by atoms with Crippen molar-refractivity contribution in [2.75, 3.05) is 18.1 Å². The first-order valence-electron chi connectivity index (χ1n) is 11.4. The molecule has 0 N–H and O–H groups in total. The van der Waals surface area contributed by atoms with Crippen molar-refractivity contribution in [3.05, 3.63) is 64.8 Å². The van der Waals surface area contributed by atoms with Crippen LogP contribution in [-0.4, -0.2) is 47.8 Å². The lowest BCUT2D eigenvalue weighted by Gasteiger charge is -2.28. The standard InChI is InChI=1S/C24H23ClN4O4S3/c1-2-33-18-8-3-9-19-22(18)27-24(34-19)28(15-16-6-4-12-26-14-16)23(30)17-7-5-13-29(17)36(31,32)21-11-10-20(25)35-21/h3-4,6,8-12,14,17H,2,5,7,13,15H2,1H3. The van der Waals surface area contributed by atoms with Crippen LogP contribution in [0.1, 0.15) is 25.3 Å². The van der Waals surface area contributed by atoms with Crippen LogP contribution in [0.4, 0.5) is 5.13 Å². The number of rotatable bonds is 8. The van der Waals surface area contributed by atoms with E-state index in [0.29, 0.717) is 40.2 Å². The number of fused-ring (bicyclic) bond motifs is 1. The number of benzene rings is 1. The molecule has 1 unspecified atom stereocenters. The molecule has 4 heterocycles. The molecule has 36 heavy (non-hydrogen) atoms. The van der Waals surface area contributed by atoms with Crippen LogP contribution in [0.15, 0.2) is 59.1 Å². The summed E-state index contributed by atoms with van der Waals surface area (Å²) in [7, 11) is -3.87. The van der Waals surface area contributed by atoms with Crippen LogP contribution in [-0.2, 0) is 21.4 Å². The Hall–Kier alpha value is -2.57. The van der Waals surface area contributed by atoms with E-state index in [-0.39, 0.29) is 23.2 Å². The van der Waals surface area contributed by atoms with E-state index in [2.05, 4.69) is 4.98 Å². The van der Waals surface area contributed by atoms with Crippen LogP contribution in [0, 0.1) is 0 Å². The first-order valence-corrected chi connectivity index (χ1v) is 14.8. The molecule has 0 radical (unpaired) electrons. The van der Waals surface area contributed by atoms with E-state index >= 15 is 0 Å². The maximum absolute atomic E-state index is 14.0. The summed E-state index contributed by atoms with van der Waals surface area (Å²) in [6.45, 7) is 2.88. The molecule has 1 aromatic carbocycles. The van der Waals surface area contributed by atoms with Crippen molar-refractivity contribution >= 4 is 65.6 Å². The third-order valence-corrected chi connectivity index (χ3v) is 10.5. The van der Waals surface area contributed by atoms with E-state index in [4.69, 9.17) is 21.3 Å². The maximum Gasteiger partial charge on any atom is 0.253 e. The number of halogens is 1. The molecule has 4 aromatic rings. The van der Waals surface area contributed by atoms with Gasteiger partial charge in [-0.3, -0.25) is 14.7 Å². The molecule has 0 spiro atoms. The third-order valence-electron chi connectivity index (χ3n) is 5.83. The smallest absolute Gasteiger partial charge is 0.253 e. The van der Waals surface area contributed by atoms with Crippen molar-refractivity contribution in [3.8, 4) is 5.75 Å². The Labute approximate surface area is 222 Å². The van der Waals surface area contributed by atoms with E-state index in [1.165, 1.54) is 21.7 Å². The van der Waals surface area contributed by atoms with Gasteiger partial charge in [-0.2, -0.15) is 4.31 Å². The van der Waals surface area contributed by atoms with Gasteiger partial charge in [0.05, 0.1) is 22.2 Å². The van der Waals surface area contributed by atoms with E-state index in [0.717, 1.165) is 21.6 Å². The summed E-state index contributed by atoms with van der Waals surface area (Å²) in [5.41, 5.74) is 1.49. The quantitative estimate of drug-likeness (QED) is 0.293. The van der Waals surface area contributed by atoms with E-state index in [1.807, 2.05) is 31.2 Å². The van der Waals surface area contributed by atoms with Crippen LogP contribution in [0.25, 0.3) is 10.2 Å². The number of aromatic nitrogens is 2. The molecular weight excluding hydrogens is 540 g/mol. The van der Waals surface area contributed by atoms with Crippen molar-refractivity contribution in [1.82, 2.24) is 14.3 Å². The zero-order chi connectivity index (χ0) is 25.3. The fourth-order valence-corrected chi connectivity index (χ4v) is 8.47. The van der Waals surface area contributed by atoms with Crippen LogP contribution in [0.2, 0.25) is 4.34 Å². The number of thiophene rings is 1. The Morgan fingerprint density at radius 2 is 2.08 bits per heavy atom. The van der Waals surface area contributed by atoms with Crippen molar-refractivity contribution in [2.24, 2.45) is 0 Å². The van der Waals surface area contributed by atoms with Gasteiger partial charge in [-0.05, 0) is 55.7 Å².